The zero-order valence-corrected chi connectivity index (χ0v) is 8.34. The molecule has 1 unspecified atom stereocenters. The molecule has 0 spiro atoms. The molecule has 12 heavy (non-hydrogen) atoms. The van der Waals surface area contributed by atoms with Crippen molar-refractivity contribution in [2.24, 2.45) is 5.92 Å². The van der Waals surface area contributed by atoms with Gasteiger partial charge in [0.2, 0.25) is 0 Å². The molecule has 0 aliphatic rings. The molecule has 2 nitrogen and oxygen atoms in total. The van der Waals surface area contributed by atoms with E-state index in [-0.39, 0.29) is 6.10 Å². The average Bonchev–Trinajstić information content (AvgIpc) is 1.99. The van der Waals surface area contributed by atoms with Crippen LogP contribution in [0, 0.1) is 5.92 Å². The van der Waals surface area contributed by atoms with Crippen LogP contribution in [0.15, 0.2) is 12.3 Å². The third-order valence-corrected chi connectivity index (χ3v) is 1.59. The van der Waals surface area contributed by atoms with Crippen LogP contribution in [0.4, 0.5) is 0 Å². The second kappa shape index (κ2) is 6.06. The quantitative estimate of drug-likeness (QED) is 0.623. The highest BCUT2D eigenvalue weighted by Gasteiger charge is 2.03. The summed E-state index contributed by atoms with van der Waals surface area (Å²) >= 11 is 0. The Hall–Kier alpha value is -0.500. The molecule has 0 rings (SSSR count). The summed E-state index contributed by atoms with van der Waals surface area (Å²) in [5.74, 6) is 1.34. The fourth-order valence-corrected chi connectivity index (χ4v) is 0.846. The number of aliphatic hydroxyl groups is 1. The molecule has 0 aromatic heterocycles. The summed E-state index contributed by atoms with van der Waals surface area (Å²) in [7, 11) is 0. The van der Waals surface area contributed by atoms with Crippen molar-refractivity contribution in [2.45, 2.75) is 39.7 Å². The van der Waals surface area contributed by atoms with E-state index in [0.717, 1.165) is 18.6 Å². The van der Waals surface area contributed by atoms with Gasteiger partial charge >= 0.3 is 0 Å². The van der Waals surface area contributed by atoms with Crippen LogP contribution >= 0.6 is 0 Å². The minimum atomic E-state index is -0.353. The van der Waals surface area contributed by atoms with E-state index in [9.17, 15) is 5.11 Å². The lowest BCUT2D eigenvalue weighted by molar-refractivity contribution is 0.0648. The fourth-order valence-electron chi connectivity index (χ4n) is 0.846. The lowest BCUT2D eigenvalue weighted by atomic mass is 10.1. The van der Waals surface area contributed by atoms with Gasteiger partial charge in [0, 0.05) is 6.42 Å². The third-order valence-electron chi connectivity index (χ3n) is 1.59. The highest BCUT2D eigenvalue weighted by molar-refractivity contribution is 4.83. The van der Waals surface area contributed by atoms with E-state index >= 15 is 0 Å². The van der Waals surface area contributed by atoms with Crippen molar-refractivity contribution in [1.82, 2.24) is 0 Å². The smallest absolute Gasteiger partial charge is 0.114 e. The Morgan fingerprint density at radius 2 is 2.08 bits per heavy atom. The lowest BCUT2D eigenvalue weighted by Gasteiger charge is -2.13. The molecule has 0 radical (unpaired) electrons. The second-order valence-electron chi connectivity index (χ2n) is 3.51. The molecule has 0 heterocycles. The molecule has 1 atom stereocenters. The van der Waals surface area contributed by atoms with Gasteiger partial charge in [-0.15, -0.1) is 0 Å². The molecule has 2 heteroatoms. The first kappa shape index (κ1) is 11.5. The summed E-state index contributed by atoms with van der Waals surface area (Å²) in [6.07, 6.45) is 1.25. The Kier molecular flexibility index (Phi) is 5.81. The van der Waals surface area contributed by atoms with Crippen molar-refractivity contribution < 1.29 is 9.84 Å². The summed E-state index contributed by atoms with van der Waals surface area (Å²) in [5, 5.41) is 9.17. The van der Waals surface area contributed by atoms with Gasteiger partial charge in [0.1, 0.15) is 6.61 Å². The van der Waals surface area contributed by atoms with Gasteiger partial charge in [-0.25, -0.2) is 0 Å². The standard InChI is InChI=1S/C10H20O2/c1-5-10(11)7-12-9(4)6-8(2)3/h8,10-11H,4-7H2,1-3H3. The number of hydrogen-bond donors (Lipinski definition) is 1. The maximum Gasteiger partial charge on any atom is 0.114 e. The van der Waals surface area contributed by atoms with Crippen LogP contribution in [0.1, 0.15) is 33.6 Å². The molecule has 0 saturated carbocycles. The number of aliphatic hydroxyl groups excluding tert-OH is 1. The predicted octanol–water partition coefficient (Wildman–Crippen LogP) is 2.33. The molecular weight excluding hydrogens is 152 g/mol. The molecule has 0 fully saturated rings. The predicted molar refractivity (Wildman–Crippen MR) is 50.8 cm³/mol. The number of hydrogen-bond acceptors (Lipinski definition) is 2. The Labute approximate surface area is 75.2 Å². The topological polar surface area (TPSA) is 29.5 Å². The van der Waals surface area contributed by atoms with Crippen LogP contribution in [0.25, 0.3) is 0 Å². The Balaban J connectivity index is 3.44. The van der Waals surface area contributed by atoms with Gasteiger partial charge in [0.05, 0.1) is 11.9 Å². The molecule has 0 aliphatic carbocycles. The maximum absolute atomic E-state index is 9.17. The molecule has 0 aromatic carbocycles. The first-order valence-electron chi connectivity index (χ1n) is 4.54. The van der Waals surface area contributed by atoms with E-state index in [1.165, 1.54) is 0 Å². The fraction of sp³-hybridized carbons (Fsp3) is 0.800. The highest BCUT2D eigenvalue weighted by Crippen LogP contribution is 2.10. The van der Waals surface area contributed by atoms with Gasteiger partial charge in [-0.3, -0.25) is 0 Å². The van der Waals surface area contributed by atoms with Crippen molar-refractivity contribution in [1.29, 1.82) is 0 Å². The van der Waals surface area contributed by atoms with Crippen LogP contribution < -0.4 is 0 Å². The van der Waals surface area contributed by atoms with Crippen molar-refractivity contribution >= 4 is 0 Å². The number of rotatable bonds is 6. The summed E-state index contributed by atoms with van der Waals surface area (Å²) in [6.45, 7) is 10.3. The summed E-state index contributed by atoms with van der Waals surface area (Å²) in [6, 6.07) is 0. The monoisotopic (exact) mass is 172 g/mol. The molecule has 0 aliphatic heterocycles. The van der Waals surface area contributed by atoms with Crippen LogP contribution in [-0.2, 0) is 4.74 Å². The molecule has 0 bridgehead atoms. The molecule has 0 saturated heterocycles. The van der Waals surface area contributed by atoms with E-state index in [4.69, 9.17) is 4.74 Å². The second-order valence-corrected chi connectivity index (χ2v) is 3.51. The summed E-state index contributed by atoms with van der Waals surface area (Å²) in [5.41, 5.74) is 0. The summed E-state index contributed by atoms with van der Waals surface area (Å²) in [4.78, 5) is 0. The van der Waals surface area contributed by atoms with Crippen molar-refractivity contribution in [3.63, 3.8) is 0 Å². The highest BCUT2D eigenvalue weighted by atomic mass is 16.5. The van der Waals surface area contributed by atoms with E-state index < -0.39 is 0 Å². The Morgan fingerprint density at radius 3 is 2.50 bits per heavy atom. The summed E-state index contributed by atoms with van der Waals surface area (Å²) < 4.78 is 5.26. The van der Waals surface area contributed by atoms with Gasteiger partial charge < -0.3 is 9.84 Å². The minimum absolute atomic E-state index is 0.353. The SMILES string of the molecule is C=C(CC(C)C)OCC(O)CC. The van der Waals surface area contributed by atoms with Gasteiger partial charge in [-0.1, -0.05) is 27.4 Å². The van der Waals surface area contributed by atoms with E-state index in [1.807, 2.05) is 6.92 Å². The molecule has 0 amide bonds. The van der Waals surface area contributed by atoms with Gasteiger partial charge in [-0.2, -0.15) is 0 Å². The molecular formula is C10H20O2. The van der Waals surface area contributed by atoms with E-state index in [2.05, 4.69) is 20.4 Å². The van der Waals surface area contributed by atoms with E-state index in [1.54, 1.807) is 0 Å². The molecule has 0 aromatic rings. The normalized spacial score (nSPS) is 13.1. The molecule has 72 valence electrons. The Morgan fingerprint density at radius 1 is 1.50 bits per heavy atom. The lowest BCUT2D eigenvalue weighted by Crippen LogP contribution is -2.13. The largest absolute Gasteiger partial charge is 0.496 e. The zero-order valence-electron chi connectivity index (χ0n) is 8.34. The van der Waals surface area contributed by atoms with Gasteiger partial charge in [0.25, 0.3) is 0 Å². The first-order valence-corrected chi connectivity index (χ1v) is 4.54. The molecule has 1 N–H and O–H groups in total. The average molecular weight is 172 g/mol. The first-order chi connectivity index (χ1) is 5.56. The third kappa shape index (κ3) is 6.23. The Bertz CT molecular complexity index is 130. The zero-order chi connectivity index (χ0) is 9.56. The van der Waals surface area contributed by atoms with Crippen LogP contribution in [-0.4, -0.2) is 17.8 Å². The van der Waals surface area contributed by atoms with Crippen LogP contribution in [0.5, 0.6) is 0 Å². The maximum atomic E-state index is 9.17. The van der Waals surface area contributed by atoms with Crippen molar-refractivity contribution in [3.05, 3.63) is 12.3 Å². The van der Waals surface area contributed by atoms with Gasteiger partial charge in [-0.05, 0) is 12.3 Å². The number of allylic oxidation sites excluding steroid dienone is 1. The minimum Gasteiger partial charge on any atom is -0.496 e. The van der Waals surface area contributed by atoms with Crippen molar-refractivity contribution in [3.8, 4) is 0 Å². The van der Waals surface area contributed by atoms with Crippen LogP contribution in [0.2, 0.25) is 0 Å². The number of ether oxygens (including phenoxy) is 1. The van der Waals surface area contributed by atoms with Crippen LogP contribution in [0.3, 0.4) is 0 Å². The van der Waals surface area contributed by atoms with E-state index in [0.29, 0.717) is 12.5 Å². The van der Waals surface area contributed by atoms with Gasteiger partial charge in [0.15, 0.2) is 0 Å². The van der Waals surface area contributed by atoms with Crippen molar-refractivity contribution in [2.75, 3.05) is 6.61 Å².